The predicted molar refractivity (Wildman–Crippen MR) is 118 cm³/mol. The van der Waals surface area contributed by atoms with Crippen LogP contribution in [0.2, 0.25) is 0 Å². The van der Waals surface area contributed by atoms with Crippen molar-refractivity contribution in [2.75, 3.05) is 13.1 Å². The number of carbonyl (C=O) groups is 1. The predicted octanol–water partition coefficient (Wildman–Crippen LogP) is 3.94. The molecule has 0 spiro atoms. The van der Waals surface area contributed by atoms with E-state index in [1.807, 2.05) is 18.4 Å². The Labute approximate surface area is 178 Å². The number of nitrogens with one attached hydrogen (secondary N) is 2. The van der Waals surface area contributed by atoms with Crippen molar-refractivity contribution in [2.24, 2.45) is 0 Å². The Kier molecular flexibility index (Phi) is 5.06. The van der Waals surface area contributed by atoms with E-state index in [0.29, 0.717) is 24.2 Å². The van der Waals surface area contributed by atoms with E-state index in [2.05, 4.69) is 50.9 Å². The molecule has 1 aromatic carbocycles. The van der Waals surface area contributed by atoms with E-state index < -0.39 is 0 Å². The molecule has 3 aromatic heterocycles. The summed E-state index contributed by atoms with van der Waals surface area (Å²) in [4.78, 5) is 22.5. The zero-order valence-electron chi connectivity index (χ0n) is 16.6. The molecule has 1 amide bonds. The Bertz CT molecular complexity index is 1190. The number of oxazole rings is 1. The Morgan fingerprint density at radius 3 is 2.80 bits per heavy atom. The van der Waals surface area contributed by atoms with Gasteiger partial charge in [0.1, 0.15) is 22.5 Å². The van der Waals surface area contributed by atoms with Crippen LogP contribution in [0.1, 0.15) is 33.9 Å². The van der Waals surface area contributed by atoms with Gasteiger partial charge in [-0.2, -0.15) is 0 Å². The van der Waals surface area contributed by atoms with Crippen molar-refractivity contribution in [2.45, 2.75) is 25.8 Å². The fraction of sp³-hybridized carbons (Fsp3) is 0.261. The molecule has 1 fully saturated rings. The number of thiophene rings is 1. The molecule has 1 atom stereocenters. The van der Waals surface area contributed by atoms with E-state index in [1.54, 1.807) is 17.6 Å². The molecular weight excluding hydrogens is 396 g/mol. The number of aromatic nitrogens is 2. The minimum absolute atomic E-state index is 0.114. The van der Waals surface area contributed by atoms with Gasteiger partial charge in [0.25, 0.3) is 5.91 Å². The summed E-state index contributed by atoms with van der Waals surface area (Å²) in [5.41, 5.74) is 4.62. The Morgan fingerprint density at radius 2 is 2.10 bits per heavy atom. The summed E-state index contributed by atoms with van der Waals surface area (Å²) < 4.78 is 5.31. The van der Waals surface area contributed by atoms with Gasteiger partial charge in [-0.25, -0.2) is 9.97 Å². The molecule has 1 aliphatic heterocycles. The first-order valence-corrected chi connectivity index (χ1v) is 10.9. The SMILES string of the molecule is Cc1nc(-c2ccc(Cc3cc(C(=O)NCC4CCN4)nc4sccc34)cc2)co1. The third kappa shape index (κ3) is 3.86. The summed E-state index contributed by atoms with van der Waals surface area (Å²) in [6.45, 7) is 3.50. The van der Waals surface area contributed by atoms with Crippen molar-refractivity contribution >= 4 is 27.5 Å². The summed E-state index contributed by atoms with van der Waals surface area (Å²) in [7, 11) is 0. The maximum absolute atomic E-state index is 12.7. The summed E-state index contributed by atoms with van der Waals surface area (Å²) in [6.07, 6.45) is 3.51. The minimum atomic E-state index is -0.114. The lowest BCUT2D eigenvalue weighted by Gasteiger charge is -2.27. The lowest BCUT2D eigenvalue weighted by molar-refractivity contribution is 0.0940. The Hall–Kier alpha value is -3.03. The van der Waals surface area contributed by atoms with Crippen LogP contribution in [0.25, 0.3) is 21.5 Å². The number of fused-ring (bicyclic) bond motifs is 1. The van der Waals surface area contributed by atoms with Crippen LogP contribution < -0.4 is 10.6 Å². The lowest BCUT2D eigenvalue weighted by atomic mass is 10.0. The highest BCUT2D eigenvalue weighted by molar-refractivity contribution is 7.16. The van der Waals surface area contributed by atoms with Gasteiger partial charge < -0.3 is 15.1 Å². The van der Waals surface area contributed by atoms with Crippen molar-refractivity contribution in [3.63, 3.8) is 0 Å². The molecule has 4 aromatic rings. The number of rotatable bonds is 6. The van der Waals surface area contributed by atoms with E-state index in [4.69, 9.17) is 4.42 Å². The minimum Gasteiger partial charge on any atom is -0.449 e. The zero-order valence-corrected chi connectivity index (χ0v) is 17.5. The van der Waals surface area contributed by atoms with E-state index >= 15 is 0 Å². The third-order valence-corrected chi connectivity index (χ3v) is 6.26. The number of hydrogen-bond acceptors (Lipinski definition) is 6. The number of benzene rings is 1. The topological polar surface area (TPSA) is 80.0 Å². The van der Waals surface area contributed by atoms with Crippen LogP contribution in [-0.2, 0) is 6.42 Å². The van der Waals surface area contributed by atoms with Crippen LogP contribution in [-0.4, -0.2) is 35.0 Å². The van der Waals surface area contributed by atoms with Gasteiger partial charge in [0.2, 0.25) is 0 Å². The third-order valence-electron chi connectivity index (χ3n) is 5.45. The maximum atomic E-state index is 12.7. The zero-order chi connectivity index (χ0) is 20.5. The van der Waals surface area contributed by atoms with Gasteiger partial charge >= 0.3 is 0 Å². The number of aryl methyl sites for hydroxylation is 1. The lowest BCUT2D eigenvalue weighted by Crippen LogP contribution is -2.50. The molecular formula is C23H22N4O2S. The summed E-state index contributed by atoms with van der Waals surface area (Å²) in [5.74, 6) is 0.543. The number of hydrogen-bond donors (Lipinski definition) is 2. The van der Waals surface area contributed by atoms with Crippen molar-refractivity contribution in [3.05, 3.63) is 70.8 Å². The molecule has 4 heterocycles. The average molecular weight is 419 g/mol. The highest BCUT2D eigenvalue weighted by Crippen LogP contribution is 2.27. The number of pyridine rings is 1. The number of nitrogens with zero attached hydrogens (tertiary/aromatic N) is 2. The molecule has 5 rings (SSSR count). The first-order valence-electron chi connectivity index (χ1n) is 10.1. The molecule has 6 nitrogen and oxygen atoms in total. The van der Waals surface area contributed by atoms with Gasteiger partial charge in [0.15, 0.2) is 5.89 Å². The monoisotopic (exact) mass is 418 g/mol. The van der Waals surface area contributed by atoms with Crippen molar-refractivity contribution < 1.29 is 9.21 Å². The van der Waals surface area contributed by atoms with Crippen LogP contribution in [0.4, 0.5) is 0 Å². The van der Waals surface area contributed by atoms with Crippen LogP contribution in [0, 0.1) is 6.92 Å². The van der Waals surface area contributed by atoms with Gasteiger partial charge in [-0.1, -0.05) is 24.3 Å². The summed E-state index contributed by atoms with van der Waals surface area (Å²) in [6, 6.07) is 12.7. The second kappa shape index (κ2) is 8.01. The molecule has 0 saturated carbocycles. The molecule has 30 heavy (non-hydrogen) atoms. The van der Waals surface area contributed by atoms with E-state index in [-0.39, 0.29) is 5.91 Å². The molecule has 0 aliphatic carbocycles. The Morgan fingerprint density at radius 1 is 1.27 bits per heavy atom. The molecule has 1 saturated heterocycles. The van der Waals surface area contributed by atoms with Gasteiger partial charge in [0, 0.05) is 30.5 Å². The summed E-state index contributed by atoms with van der Waals surface area (Å²) >= 11 is 1.56. The highest BCUT2D eigenvalue weighted by Gasteiger charge is 2.19. The molecule has 2 N–H and O–H groups in total. The van der Waals surface area contributed by atoms with E-state index in [1.165, 1.54) is 5.56 Å². The quantitative estimate of drug-likeness (QED) is 0.496. The van der Waals surface area contributed by atoms with Crippen molar-refractivity contribution in [1.82, 2.24) is 20.6 Å². The average Bonchev–Trinajstić information content (AvgIpc) is 3.36. The smallest absolute Gasteiger partial charge is 0.270 e. The normalized spacial score (nSPS) is 15.8. The maximum Gasteiger partial charge on any atom is 0.270 e. The number of amides is 1. The van der Waals surface area contributed by atoms with Crippen LogP contribution >= 0.6 is 11.3 Å². The summed E-state index contributed by atoms with van der Waals surface area (Å²) in [5, 5.41) is 9.43. The van der Waals surface area contributed by atoms with Crippen molar-refractivity contribution in [1.29, 1.82) is 0 Å². The second-order valence-electron chi connectivity index (χ2n) is 7.58. The van der Waals surface area contributed by atoms with Gasteiger partial charge in [-0.15, -0.1) is 11.3 Å². The van der Waals surface area contributed by atoms with E-state index in [0.717, 1.165) is 46.4 Å². The molecule has 1 unspecified atom stereocenters. The largest absolute Gasteiger partial charge is 0.449 e. The first kappa shape index (κ1) is 19.0. The van der Waals surface area contributed by atoms with Gasteiger partial charge in [0.05, 0.1) is 0 Å². The molecule has 0 bridgehead atoms. The molecule has 0 radical (unpaired) electrons. The first-order chi connectivity index (χ1) is 14.7. The highest BCUT2D eigenvalue weighted by atomic mass is 32.1. The number of carbonyl (C=O) groups excluding carboxylic acids is 1. The van der Waals surface area contributed by atoms with E-state index in [9.17, 15) is 4.79 Å². The fourth-order valence-corrected chi connectivity index (χ4v) is 4.43. The van der Waals surface area contributed by atoms with Crippen LogP contribution in [0.3, 0.4) is 0 Å². The Balaban J connectivity index is 1.37. The standard InChI is InChI=1S/C23H22N4O2S/c1-14-26-21(13-29-14)16-4-2-15(3-5-16)10-17-11-20(27-23-19(17)7-9-30-23)22(28)25-12-18-6-8-24-18/h2-5,7,9,11,13,18,24H,6,8,10,12H2,1H3,(H,25,28). The van der Waals surface area contributed by atoms with Crippen molar-refractivity contribution in [3.8, 4) is 11.3 Å². The molecule has 152 valence electrons. The fourth-order valence-electron chi connectivity index (χ4n) is 3.62. The van der Waals surface area contributed by atoms with Crippen LogP contribution in [0.5, 0.6) is 0 Å². The van der Waals surface area contributed by atoms with Crippen LogP contribution in [0.15, 0.2) is 52.5 Å². The van der Waals surface area contributed by atoms with Gasteiger partial charge in [-0.05, 0) is 48.0 Å². The second-order valence-corrected chi connectivity index (χ2v) is 8.48. The molecule has 7 heteroatoms. The molecule has 1 aliphatic rings. The van der Waals surface area contributed by atoms with Gasteiger partial charge in [-0.3, -0.25) is 4.79 Å².